The van der Waals surface area contributed by atoms with E-state index in [1.165, 1.54) is 0 Å². The number of nitrogens with zero attached hydrogens (tertiary/aromatic N) is 2. The number of nitrogens with one attached hydrogen (secondary N) is 2. The van der Waals surface area contributed by atoms with Crippen molar-refractivity contribution in [1.29, 1.82) is 0 Å². The minimum Gasteiger partial charge on any atom is -0.392 e. The van der Waals surface area contributed by atoms with E-state index in [0.717, 1.165) is 25.7 Å². The lowest BCUT2D eigenvalue weighted by atomic mass is 9.73. The molecule has 3 N–H and O–H groups in total. The van der Waals surface area contributed by atoms with Gasteiger partial charge in [-0.3, -0.25) is 4.68 Å². The van der Waals surface area contributed by atoms with Crippen molar-refractivity contribution in [2.45, 2.75) is 65.0 Å². The quantitative estimate of drug-likeness (QED) is 0.803. The SMILES string of the molecule is CC1(CNC(=O)Nc2cnn(C(C)(C)C)c2)CCCCC1O. The van der Waals surface area contributed by atoms with Crippen LogP contribution in [-0.2, 0) is 5.54 Å². The fourth-order valence-electron chi connectivity index (χ4n) is 2.80. The van der Waals surface area contributed by atoms with E-state index in [1.54, 1.807) is 6.20 Å². The van der Waals surface area contributed by atoms with Crippen molar-refractivity contribution in [1.82, 2.24) is 15.1 Å². The lowest BCUT2D eigenvalue weighted by Crippen LogP contribution is -2.46. The largest absolute Gasteiger partial charge is 0.392 e. The van der Waals surface area contributed by atoms with Gasteiger partial charge in [0.2, 0.25) is 0 Å². The maximum atomic E-state index is 12.0. The highest BCUT2D eigenvalue weighted by molar-refractivity contribution is 5.88. The van der Waals surface area contributed by atoms with E-state index in [9.17, 15) is 9.90 Å². The fourth-order valence-corrected chi connectivity index (χ4v) is 2.80. The molecule has 6 nitrogen and oxygen atoms in total. The van der Waals surface area contributed by atoms with Gasteiger partial charge in [-0.2, -0.15) is 5.10 Å². The number of hydrogen-bond donors (Lipinski definition) is 3. The molecule has 22 heavy (non-hydrogen) atoms. The number of aliphatic hydroxyl groups excluding tert-OH is 1. The average molecular weight is 308 g/mol. The Morgan fingerprint density at radius 1 is 1.50 bits per heavy atom. The van der Waals surface area contributed by atoms with Crippen LogP contribution in [0, 0.1) is 5.41 Å². The molecule has 1 aliphatic rings. The molecule has 2 amide bonds. The van der Waals surface area contributed by atoms with Crippen molar-refractivity contribution in [3.05, 3.63) is 12.4 Å². The number of anilines is 1. The van der Waals surface area contributed by atoms with Crippen LogP contribution in [0.5, 0.6) is 0 Å². The van der Waals surface area contributed by atoms with Crippen LogP contribution in [-0.4, -0.2) is 33.6 Å². The molecule has 0 bridgehead atoms. The van der Waals surface area contributed by atoms with E-state index in [0.29, 0.717) is 12.2 Å². The highest BCUT2D eigenvalue weighted by atomic mass is 16.3. The number of urea groups is 1. The molecule has 1 saturated carbocycles. The van der Waals surface area contributed by atoms with Crippen LogP contribution < -0.4 is 10.6 Å². The van der Waals surface area contributed by atoms with E-state index < -0.39 is 0 Å². The molecule has 124 valence electrons. The minimum atomic E-state index is -0.342. The Bertz CT molecular complexity index is 520. The molecule has 0 spiro atoms. The number of aromatic nitrogens is 2. The van der Waals surface area contributed by atoms with Gasteiger partial charge < -0.3 is 15.7 Å². The molecule has 1 fully saturated rings. The first-order valence-electron chi connectivity index (χ1n) is 7.99. The van der Waals surface area contributed by atoms with E-state index in [-0.39, 0.29) is 23.1 Å². The van der Waals surface area contributed by atoms with Gasteiger partial charge in [0.1, 0.15) is 0 Å². The molecule has 2 atom stereocenters. The van der Waals surface area contributed by atoms with Crippen LogP contribution in [0.3, 0.4) is 0 Å². The third-order valence-electron chi connectivity index (χ3n) is 4.46. The molecule has 0 aromatic carbocycles. The molecule has 2 unspecified atom stereocenters. The predicted molar refractivity (Wildman–Crippen MR) is 86.8 cm³/mol. The molecule has 0 aliphatic heterocycles. The molecule has 2 rings (SSSR count). The molecule has 0 radical (unpaired) electrons. The minimum absolute atomic E-state index is 0.115. The number of hydrogen-bond acceptors (Lipinski definition) is 3. The zero-order valence-corrected chi connectivity index (χ0v) is 14.0. The zero-order valence-electron chi connectivity index (χ0n) is 14.0. The summed E-state index contributed by atoms with van der Waals surface area (Å²) < 4.78 is 1.81. The van der Waals surface area contributed by atoms with Crippen LogP contribution in [0.15, 0.2) is 12.4 Å². The van der Waals surface area contributed by atoms with Gasteiger partial charge in [-0.05, 0) is 33.6 Å². The van der Waals surface area contributed by atoms with Crippen LogP contribution in [0.25, 0.3) is 0 Å². The Labute approximate surface area is 132 Å². The van der Waals surface area contributed by atoms with Crippen molar-refractivity contribution in [2.75, 3.05) is 11.9 Å². The topological polar surface area (TPSA) is 79.2 Å². The first-order chi connectivity index (χ1) is 10.2. The number of amides is 2. The molecular formula is C16H28N4O2. The predicted octanol–water partition coefficient (Wildman–Crippen LogP) is 2.70. The van der Waals surface area contributed by atoms with Crippen molar-refractivity contribution in [2.24, 2.45) is 5.41 Å². The first-order valence-corrected chi connectivity index (χ1v) is 7.99. The number of aliphatic hydroxyl groups is 1. The van der Waals surface area contributed by atoms with Gasteiger partial charge in [0.25, 0.3) is 0 Å². The molecule has 1 heterocycles. The summed E-state index contributed by atoms with van der Waals surface area (Å²) in [5.74, 6) is 0. The second-order valence-electron chi connectivity index (χ2n) is 7.57. The summed E-state index contributed by atoms with van der Waals surface area (Å²) in [5.41, 5.74) is 0.322. The maximum Gasteiger partial charge on any atom is 0.319 e. The lowest BCUT2D eigenvalue weighted by Gasteiger charge is -2.38. The second-order valence-corrected chi connectivity index (χ2v) is 7.57. The van der Waals surface area contributed by atoms with Crippen LogP contribution in [0.2, 0.25) is 0 Å². The maximum absolute atomic E-state index is 12.0. The van der Waals surface area contributed by atoms with Gasteiger partial charge in [-0.1, -0.05) is 19.8 Å². The summed E-state index contributed by atoms with van der Waals surface area (Å²) in [6.07, 6.45) is 7.04. The standard InChI is InChI=1S/C16H28N4O2/c1-15(2,3)20-10-12(9-18-20)19-14(22)17-11-16(4)8-6-5-7-13(16)21/h9-10,13,21H,5-8,11H2,1-4H3,(H2,17,19,22). The zero-order chi connectivity index (χ0) is 16.4. The van der Waals surface area contributed by atoms with E-state index in [2.05, 4.69) is 36.5 Å². The Morgan fingerprint density at radius 3 is 2.82 bits per heavy atom. The normalized spacial score (nSPS) is 25.8. The number of carbonyl (C=O) groups is 1. The van der Waals surface area contributed by atoms with Crippen LogP contribution >= 0.6 is 0 Å². The molecule has 1 aliphatic carbocycles. The van der Waals surface area contributed by atoms with E-state index in [4.69, 9.17) is 0 Å². The van der Waals surface area contributed by atoms with Gasteiger partial charge in [0.05, 0.1) is 23.5 Å². The summed E-state index contributed by atoms with van der Waals surface area (Å²) in [6, 6.07) is -0.257. The monoisotopic (exact) mass is 308 g/mol. The highest BCUT2D eigenvalue weighted by Gasteiger charge is 2.35. The van der Waals surface area contributed by atoms with E-state index >= 15 is 0 Å². The highest BCUT2D eigenvalue weighted by Crippen LogP contribution is 2.35. The van der Waals surface area contributed by atoms with Gasteiger partial charge in [0, 0.05) is 18.2 Å². The molecule has 1 aromatic heterocycles. The van der Waals surface area contributed by atoms with E-state index in [1.807, 2.05) is 17.8 Å². The average Bonchev–Trinajstić information content (AvgIpc) is 2.89. The molecule has 0 saturated heterocycles. The Hall–Kier alpha value is -1.56. The summed E-state index contributed by atoms with van der Waals surface area (Å²) in [6.45, 7) is 8.67. The number of carbonyl (C=O) groups excluding carboxylic acids is 1. The summed E-state index contributed by atoms with van der Waals surface area (Å²) in [7, 11) is 0. The third-order valence-corrected chi connectivity index (χ3v) is 4.46. The van der Waals surface area contributed by atoms with Gasteiger partial charge in [-0.15, -0.1) is 0 Å². The van der Waals surface area contributed by atoms with Gasteiger partial charge in [0.15, 0.2) is 0 Å². The van der Waals surface area contributed by atoms with Gasteiger partial charge in [-0.25, -0.2) is 4.79 Å². The summed E-state index contributed by atoms with van der Waals surface area (Å²) in [5, 5.41) is 20.1. The lowest BCUT2D eigenvalue weighted by molar-refractivity contribution is 0.00333. The molecule has 6 heteroatoms. The summed E-state index contributed by atoms with van der Waals surface area (Å²) >= 11 is 0. The first kappa shape index (κ1) is 16.8. The third kappa shape index (κ3) is 4.00. The Balaban J connectivity index is 1.87. The number of rotatable bonds is 3. The van der Waals surface area contributed by atoms with Gasteiger partial charge >= 0.3 is 6.03 Å². The second kappa shape index (κ2) is 6.28. The molecule has 1 aromatic rings. The molecular weight excluding hydrogens is 280 g/mol. The smallest absolute Gasteiger partial charge is 0.319 e. The Morgan fingerprint density at radius 2 is 2.23 bits per heavy atom. The summed E-state index contributed by atoms with van der Waals surface area (Å²) in [4.78, 5) is 12.0. The fraction of sp³-hybridized carbons (Fsp3) is 0.750. The van der Waals surface area contributed by atoms with Crippen LogP contribution in [0.4, 0.5) is 10.5 Å². The van der Waals surface area contributed by atoms with Crippen molar-refractivity contribution >= 4 is 11.7 Å². The Kier molecular flexibility index (Phi) is 4.80. The van der Waals surface area contributed by atoms with Crippen LogP contribution in [0.1, 0.15) is 53.4 Å². The van der Waals surface area contributed by atoms with Crippen molar-refractivity contribution < 1.29 is 9.90 Å². The van der Waals surface area contributed by atoms with Crippen molar-refractivity contribution in [3.8, 4) is 0 Å². The van der Waals surface area contributed by atoms with Crippen molar-refractivity contribution in [3.63, 3.8) is 0 Å².